The minimum atomic E-state index is 0.0583. The van der Waals surface area contributed by atoms with E-state index in [4.69, 9.17) is 0 Å². The molecular formula is C13H15N2OS3+. The first-order chi connectivity index (χ1) is 9.08. The van der Waals surface area contributed by atoms with Crippen LogP contribution in [0.5, 0.6) is 0 Å². The number of hydrogen-bond donors (Lipinski definition) is 0. The zero-order valence-electron chi connectivity index (χ0n) is 11.0. The van der Waals surface area contributed by atoms with Crippen LogP contribution >= 0.6 is 32.4 Å². The van der Waals surface area contributed by atoms with Crippen LogP contribution in [0.2, 0.25) is 0 Å². The molecule has 19 heavy (non-hydrogen) atoms. The summed E-state index contributed by atoms with van der Waals surface area (Å²) in [6.45, 7) is 0. The van der Waals surface area contributed by atoms with Crippen LogP contribution in [0.3, 0.4) is 0 Å². The van der Waals surface area contributed by atoms with Gasteiger partial charge in [-0.05, 0) is 22.1 Å². The minimum Gasteiger partial charge on any atom is -0.339 e. The highest BCUT2D eigenvalue weighted by molar-refractivity contribution is 8.15. The molecule has 3 nitrogen and oxygen atoms in total. The summed E-state index contributed by atoms with van der Waals surface area (Å²) < 4.78 is 4.30. The van der Waals surface area contributed by atoms with E-state index in [9.17, 15) is 4.79 Å². The van der Waals surface area contributed by atoms with E-state index < -0.39 is 0 Å². The number of benzene rings is 1. The van der Waals surface area contributed by atoms with Crippen molar-refractivity contribution in [3.63, 3.8) is 0 Å². The van der Waals surface area contributed by atoms with Gasteiger partial charge >= 0.3 is 0 Å². The van der Waals surface area contributed by atoms with Gasteiger partial charge in [0.2, 0.25) is 5.69 Å². The van der Waals surface area contributed by atoms with Crippen molar-refractivity contribution in [2.75, 3.05) is 21.1 Å². The fourth-order valence-electron chi connectivity index (χ4n) is 1.39. The monoisotopic (exact) mass is 311 g/mol. The number of carbonyl (C=O) groups excluding carboxylic acids is 1. The quantitative estimate of drug-likeness (QED) is 0.482. The van der Waals surface area contributed by atoms with Gasteiger partial charge in [-0.1, -0.05) is 28.5 Å². The van der Waals surface area contributed by atoms with Crippen molar-refractivity contribution >= 4 is 43.4 Å². The van der Waals surface area contributed by atoms with Crippen LogP contribution < -0.4 is 9.25 Å². The first-order valence-corrected chi connectivity index (χ1v) is 8.65. The zero-order chi connectivity index (χ0) is 13.8. The average molecular weight is 311 g/mol. The first-order valence-electron chi connectivity index (χ1n) is 5.69. The summed E-state index contributed by atoms with van der Waals surface area (Å²) in [5.74, 6) is 0. The molecule has 2 aromatic rings. The maximum atomic E-state index is 11.6. The molecule has 1 heterocycles. The van der Waals surface area contributed by atoms with E-state index in [1.807, 2.05) is 25.2 Å². The molecule has 0 aliphatic rings. The van der Waals surface area contributed by atoms with E-state index in [2.05, 4.69) is 22.8 Å². The maximum absolute atomic E-state index is 11.6. The number of carbonyl (C=O) groups is 1. The normalized spacial score (nSPS) is 12.2. The lowest BCUT2D eigenvalue weighted by Crippen LogP contribution is -2.17. The van der Waals surface area contributed by atoms with Gasteiger partial charge in [0.05, 0.1) is 4.21 Å². The van der Waals surface area contributed by atoms with Crippen LogP contribution in [0.25, 0.3) is 0 Å². The summed E-state index contributed by atoms with van der Waals surface area (Å²) in [7, 11) is 8.89. The lowest BCUT2D eigenvalue weighted by atomic mass is 10.3. The summed E-state index contributed by atoms with van der Waals surface area (Å²) in [4.78, 5) is 13.2. The SMILES string of the molecule is CN(C)C(=O)Sc1cc(=[N+](C)c2ccccc2)ss1. The van der Waals surface area contributed by atoms with Gasteiger partial charge in [-0.2, -0.15) is 4.58 Å². The van der Waals surface area contributed by atoms with E-state index >= 15 is 0 Å². The number of amides is 1. The Labute approximate surface area is 124 Å². The van der Waals surface area contributed by atoms with Crippen molar-refractivity contribution in [2.24, 2.45) is 0 Å². The molecule has 0 spiro atoms. The standard InChI is InChI=1S/C13H15N2OS3/c1-14(2)13(16)17-12-9-11(18-19-12)15(3)10-7-5-4-6-8-10/h4-9H,1-3H3/q+1. The summed E-state index contributed by atoms with van der Waals surface area (Å²) >= 11 is 1.27. The van der Waals surface area contributed by atoms with E-state index in [1.165, 1.54) is 11.8 Å². The lowest BCUT2D eigenvalue weighted by Gasteiger charge is -2.06. The summed E-state index contributed by atoms with van der Waals surface area (Å²) in [6.07, 6.45) is 0. The number of nitrogens with zero attached hydrogens (tertiary/aromatic N) is 2. The Hall–Kier alpha value is -1.11. The van der Waals surface area contributed by atoms with Crippen molar-refractivity contribution in [3.05, 3.63) is 41.1 Å². The van der Waals surface area contributed by atoms with Gasteiger partial charge in [-0.25, -0.2) is 0 Å². The van der Waals surface area contributed by atoms with Crippen LogP contribution in [0.1, 0.15) is 0 Å². The summed E-state index contributed by atoms with van der Waals surface area (Å²) in [5, 5.41) is 0.0583. The molecule has 0 bridgehead atoms. The van der Waals surface area contributed by atoms with Gasteiger partial charge in [0.15, 0.2) is 0 Å². The number of para-hydroxylation sites is 1. The van der Waals surface area contributed by atoms with Crippen molar-refractivity contribution in [1.29, 1.82) is 0 Å². The van der Waals surface area contributed by atoms with Gasteiger partial charge in [0.25, 0.3) is 9.91 Å². The molecule has 0 aliphatic heterocycles. The van der Waals surface area contributed by atoms with E-state index in [-0.39, 0.29) is 5.24 Å². The fourth-order valence-corrected chi connectivity index (χ4v) is 4.86. The molecule has 0 radical (unpaired) electrons. The predicted octanol–water partition coefficient (Wildman–Crippen LogP) is 3.32. The molecule has 6 heteroatoms. The Morgan fingerprint density at radius 3 is 2.53 bits per heavy atom. The molecule has 1 aromatic heterocycles. The highest BCUT2D eigenvalue weighted by Gasteiger charge is 2.12. The number of rotatable bonds is 2. The molecule has 2 rings (SSSR count). The average Bonchev–Trinajstić information content (AvgIpc) is 2.87. The number of hydrogen-bond acceptors (Lipinski definition) is 4. The molecule has 1 aromatic carbocycles. The van der Waals surface area contributed by atoms with Crippen molar-refractivity contribution < 1.29 is 4.79 Å². The molecule has 0 fully saturated rings. The van der Waals surface area contributed by atoms with Crippen molar-refractivity contribution in [3.8, 4) is 0 Å². The van der Waals surface area contributed by atoms with Crippen LogP contribution in [0.4, 0.5) is 10.5 Å². The molecule has 100 valence electrons. The first kappa shape index (κ1) is 14.3. The zero-order valence-corrected chi connectivity index (χ0v) is 13.4. The second-order valence-corrected chi connectivity index (χ2v) is 7.57. The third kappa shape index (κ3) is 3.68. The molecule has 1 amide bonds. The largest absolute Gasteiger partial charge is 0.339 e. The maximum Gasteiger partial charge on any atom is 0.286 e. The van der Waals surface area contributed by atoms with E-state index in [1.54, 1.807) is 39.7 Å². The molecule has 0 unspecified atom stereocenters. The summed E-state index contributed by atoms with van der Waals surface area (Å²) in [5.41, 5.74) is 1.15. The smallest absolute Gasteiger partial charge is 0.286 e. The Bertz CT molecular complexity index is 629. The highest BCUT2D eigenvalue weighted by Crippen LogP contribution is 2.26. The third-order valence-electron chi connectivity index (χ3n) is 2.48. The van der Waals surface area contributed by atoms with Crippen molar-refractivity contribution in [2.45, 2.75) is 4.21 Å². The Morgan fingerprint density at radius 1 is 1.21 bits per heavy atom. The van der Waals surface area contributed by atoms with Crippen LogP contribution in [0.15, 0.2) is 40.6 Å². The Balaban J connectivity index is 2.28. The topological polar surface area (TPSA) is 23.3 Å². The molecule has 0 saturated heterocycles. The van der Waals surface area contributed by atoms with Gasteiger partial charge in [0, 0.05) is 32.3 Å². The Kier molecular flexibility index (Phi) is 4.79. The number of thioether (sulfide) groups is 1. The van der Waals surface area contributed by atoms with Crippen LogP contribution in [0, 0.1) is 0 Å². The third-order valence-corrected chi connectivity index (χ3v) is 6.38. The molecular weight excluding hydrogens is 296 g/mol. The van der Waals surface area contributed by atoms with Gasteiger partial charge in [-0.15, -0.1) is 0 Å². The van der Waals surface area contributed by atoms with Crippen LogP contribution in [-0.4, -0.2) is 31.3 Å². The second kappa shape index (κ2) is 6.36. The molecule has 0 saturated carbocycles. The minimum absolute atomic E-state index is 0.0583. The molecule has 0 atom stereocenters. The van der Waals surface area contributed by atoms with Crippen LogP contribution in [-0.2, 0) is 0 Å². The van der Waals surface area contributed by atoms with Gasteiger partial charge < -0.3 is 4.90 Å². The lowest BCUT2D eigenvalue weighted by molar-refractivity contribution is 0.241. The summed E-state index contributed by atoms with van der Waals surface area (Å²) in [6, 6.07) is 12.3. The fraction of sp³-hybridized carbons (Fsp3) is 0.231. The highest BCUT2D eigenvalue weighted by atomic mass is 32.9. The Morgan fingerprint density at radius 2 is 1.89 bits per heavy atom. The second-order valence-electron chi connectivity index (χ2n) is 4.13. The van der Waals surface area contributed by atoms with Gasteiger partial charge in [0.1, 0.15) is 7.05 Å². The predicted molar refractivity (Wildman–Crippen MR) is 84.4 cm³/mol. The van der Waals surface area contributed by atoms with Crippen molar-refractivity contribution in [1.82, 2.24) is 9.48 Å². The van der Waals surface area contributed by atoms with Gasteiger partial charge in [-0.3, -0.25) is 4.79 Å². The molecule has 0 N–H and O–H groups in total. The van der Waals surface area contributed by atoms with E-state index in [0.717, 1.165) is 14.6 Å². The molecule has 0 aliphatic carbocycles. The van der Waals surface area contributed by atoms with E-state index in [0.29, 0.717) is 0 Å².